The van der Waals surface area contributed by atoms with E-state index in [0.29, 0.717) is 17.8 Å². The van der Waals surface area contributed by atoms with Crippen molar-refractivity contribution in [3.8, 4) is 0 Å². The fourth-order valence-electron chi connectivity index (χ4n) is 4.60. The topological polar surface area (TPSA) is 131 Å². The fraction of sp³-hybridized carbons (Fsp3) is 0.346. The van der Waals surface area contributed by atoms with Crippen LogP contribution < -0.4 is 15.8 Å². The molecule has 0 radical (unpaired) electrons. The summed E-state index contributed by atoms with van der Waals surface area (Å²) in [4.78, 5) is 24.2. The zero-order valence-corrected chi connectivity index (χ0v) is 21.1. The van der Waals surface area contributed by atoms with Crippen molar-refractivity contribution in [2.45, 2.75) is 50.5 Å². The Bertz CT molecular complexity index is 1340. The van der Waals surface area contributed by atoms with Crippen molar-refractivity contribution >= 4 is 38.2 Å². The van der Waals surface area contributed by atoms with Gasteiger partial charge in [-0.05, 0) is 59.7 Å². The molecule has 4 atom stereocenters. The van der Waals surface area contributed by atoms with Crippen LogP contribution >= 0.6 is 0 Å². The average Bonchev–Trinajstić information content (AvgIpc) is 3.27. The van der Waals surface area contributed by atoms with Gasteiger partial charge in [-0.25, -0.2) is 4.39 Å². The minimum Gasteiger partial charge on any atom is -0.480 e. The molecule has 5 N–H and O–H groups in total. The molecule has 0 aliphatic carbocycles. The number of nitrogens with one attached hydrogen (secondary N) is 2. The van der Waals surface area contributed by atoms with Gasteiger partial charge in [0, 0.05) is 34.6 Å². The molecule has 2 aromatic carbocycles. The molecule has 8 nitrogen and oxygen atoms in total. The van der Waals surface area contributed by atoms with Gasteiger partial charge in [-0.15, -0.1) is 0 Å². The Morgan fingerprint density at radius 3 is 2.64 bits per heavy atom. The van der Waals surface area contributed by atoms with Crippen molar-refractivity contribution in [2.24, 2.45) is 5.14 Å². The maximum atomic E-state index is 13.6. The molecule has 0 saturated heterocycles. The number of hydrogen-bond acceptors (Lipinski definition) is 5. The summed E-state index contributed by atoms with van der Waals surface area (Å²) in [7, 11) is -2.63. The highest BCUT2D eigenvalue weighted by molar-refractivity contribution is 7.98. The number of nitrogens with two attached hydrogens (primary N) is 1. The number of ether oxygens (including phenoxy) is 1. The first-order valence-corrected chi connectivity index (χ1v) is 13.6. The van der Waals surface area contributed by atoms with Crippen molar-refractivity contribution in [2.75, 3.05) is 11.6 Å². The zero-order chi connectivity index (χ0) is 26.3. The first-order valence-electron chi connectivity index (χ1n) is 11.5. The summed E-state index contributed by atoms with van der Waals surface area (Å²) >= 11 is 0. The molecular weight excluding hydrogens is 485 g/mol. The Labute approximate surface area is 209 Å². The van der Waals surface area contributed by atoms with Crippen molar-refractivity contribution in [3.05, 3.63) is 71.0 Å². The summed E-state index contributed by atoms with van der Waals surface area (Å²) in [6.45, 7) is 4.17. The Morgan fingerprint density at radius 2 is 2.00 bits per heavy atom. The zero-order valence-electron chi connectivity index (χ0n) is 20.3. The van der Waals surface area contributed by atoms with E-state index in [1.165, 1.54) is 23.8 Å². The second kappa shape index (κ2) is 9.78. The second-order valence-corrected chi connectivity index (χ2v) is 12.0. The molecule has 1 amide bonds. The van der Waals surface area contributed by atoms with Crippen LogP contribution in [-0.4, -0.2) is 50.6 Å². The molecule has 0 bridgehead atoms. The highest BCUT2D eigenvalue weighted by Crippen LogP contribution is 2.45. The number of rotatable bonds is 8. The lowest BCUT2D eigenvalue weighted by Gasteiger charge is -2.26. The molecule has 2 heterocycles. The van der Waals surface area contributed by atoms with Gasteiger partial charge in [0.2, 0.25) is 5.91 Å². The van der Waals surface area contributed by atoms with Gasteiger partial charge in [0.25, 0.3) is 0 Å². The average molecular weight is 516 g/mol. The molecule has 4 rings (SSSR count). The molecule has 0 spiro atoms. The van der Waals surface area contributed by atoms with E-state index in [1.807, 2.05) is 44.2 Å². The van der Waals surface area contributed by atoms with Gasteiger partial charge in [-0.1, -0.05) is 30.3 Å². The van der Waals surface area contributed by atoms with E-state index in [4.69, 9.17) is 9.88 Å². The minimum atomic E-state index is -2.63. The second-order valence-electron chi connectivity index (χ2n) is 9.71. The molecule has 0 saturated carbocycles. The lowest BCUT2D eigenvalue weighted by atomic mass is 9.90. The van der Waals surface area contributed by atoms with Crippen LogP contribution in [0.15, 0.2) is 48.5 Å². The lowest BCUT2D eigenvalue weighted by molar-refractivity contribution is -0.139. The van der Waals surface area contributed by atoms with Crippen molar-refractivity contribution < 1.29 is 28.0 Å². The molecule has 10 heteroatoms. The van der Waals surface area contributed by atoms with E-state index < -0.39 is 45.2 Å². The molecule has 36 heavy (non-hydrogen) atoms. The monoisotopic (exact) mass is 515 g/mol. The van der Waals surface area contributed by atoms with Crippen LogP contribution in [0.5, 0.6) is 0 Å². The van der Waals surface area contributed by atoms with Gasteiger partial charge in [-0.2, -0.15) is 0 Å². The summed E-state index contributed by atoms with van der Waals surface area (Å²) in [5.41, 5.74) is 3.23. The summed E-state index contributed by atoms with van der Waals surface area (Å²) in [6, 6.07) is 11.0. The van der Waals surface area contributed by atoms with Crippen LogP contribution in [0.1, 0.15) is 42.9 Å². The van der Waals surface area contributed by atoms with Gasteiger partial charge < -0.3 is 20.5 Å². The predicted octanol–water partition coefficient (Wildman–Crippen LogP) is 2.65. The third-order valence-electron chi connectivity index (χ3n) is 6.41. The number of halogens is 1. The molecule has 0 aromatic heterocycles. The van der Waals surface area contributed by atoms with E-state index in [1.54, 1.807) is 6.07 Å². The summed E-state index contributed by atoms with van der Waals surface area (Å²) in [5.74, 6) is -2.26. The lowest BCUT2D eigenvalue weighted by Crippen LogP contribution is -2.37. The molecule has 4 unspecified atom stereocenters. The summed E-state index contributed by atoms with van der Waals surface area (Å²) in [5, 5.41) is 21.9. The number of carbonyl (C=O) groups is 2. The smallest absolute Gasteiger partial charge is 0.321 e. The third-order valence-corrected chi connectivity index (χ3v) is 7.26. The van der Waals surface area contributed by atoms with Gasteiger partial charge in [0.15, 0.2) is 0 Å². The molecule has 2 aromatic rings. The number of anilines is 1. The number of hydrogen-bond donors (Lipinski definition) is 4. The summed E-state index contributed by atoms with van der Waals surface area (Å²) in [6.07, 6.45) is 2.84. The Hall–Kier alpha value is -3.05. The van der Waals surface area contributed by atoms with Crippen molar-refractivity contribution in [1.29, 1.82) is 0 Å². The van der Waals surface area contributed by atoms with Gasteiger partial charge in [0.1, 0.15) is 11.9 Å². The van der Waals surface area contributed by atoms with Gasteiger partial charge in [0.05, 0.1) is 17.6 Å². The predicted molar refractivity (Wildman–Crippen MR) is 138 cm³/mol. The standard InChI is InChI=1S/C26H30FN3O5S/c1-26(2)19(13-22(35-26)23-18-9-8-17(27)12-21(18)30-24(23)31)16-6-4-15(5-7-16)14-29-20(25(32)33)10-11-36(3,28)34/h4-9,11-13,20,22-23,29H,10,14H2,1-3H3,(H2,28,34)(H,30,31)(H,32,33). The van der Waals surface area contributed by atoms with Crippen LogP contribution in [0.3, 0.4) is 0 Å². The maximum Gasteiger partial charge on any atom is 0.321 e. The highest BCUT2D eigenvalue weighted by atomic mass is 32.2. The fourth-order valence-corrected chi connectivity index (χ4v) is 5.17. The van der Waals surface area contributed by atoms with Gasteiger partial charge in [-0.3, -0.25) is 18.9 Å². The Kier molecular flexibility index (Phi) is 7.07. The largest absolute Gasteiger partial charge is 0.480 e. The molecule has 192 valence electrons. The quantitative estimate of drug-likeness (QED) is 0.400. The van der Waals surface area contributed by atoms with Gasteiger partial charge >= 0.3 is 5.97 Å². The third kappa shape index (κ3) is 5.67. The number of carboxylic acid groups (broad SMARTS) is 1. The van der Waals surface area contributed by atoms with Crippen LogP contribution in [-0.2, 0) is 30.6 Å². The first kappa shape index (κ1) is 26.0. The summed E-state index contributed by atoms with van der Waals surface area (Å²) < 4.78 is 31.5. The number of carboxylic acids is 1. The van der Waals surface area contributed by atoms with Crippen LogP contribution in [0.4, 0.5) is 10.1 Å². The van der Waals surface area contributed by atoms with E-state index >= 15 is 0 Å². The van der Waals surface area contributed by atoms with Crippen LogP contribution in [0.25, 0.3) is 5.57 Å². The highest BCUT2D eigenvalue weighted by Gasteiger charge is 2.44. The van der Waals surface area contributed by atoms with Crippen molar-refractivity contribution in [1.82, 2.24) is 5.32 Å². The number of amides is 1. The van der Waals surface area contributed by atoms with Crippen molar-refractivity contribution in [3.63, 3.8) is 0 Å². The molecule has 2 aliphatic rings. The number of fused-ring (bicyclic) bond motifs is 1. The molecular formula is C26H30FN3O5S. The van der Waals surface area contributed by atoms with E-state index in [0.717, 1.165) is 16.7 Å². The first-order chi connectivity index (χ1) is 16.8. The van der Waals surface area contributed by atoms with Crippen LogP contribution in [0.2, 0.25) is 0 Å². The normalized spacial score (nSPS) is 22.8. The molecule has 0 fully saturated rings. The Balaban J connectivity index is 1.50. The minimum absolute atomic E-state index is 0.0452. The van der Waals surface area contributed by atoms with E-state index in [9.17, 15) is 23.3 Å². The SMILES string of the molecule is CC1(C)OC(C2C(=O)Nc3cc(F)ccc32)C=C1c1ccc(CNC(CC=S(C)(N)=O)C(=O)O)cc1. The maximum absolute atomic E-state index is 13.6. The Morgan fingerprint density at radius 1 is 1.31 bits per heavy atom. The van der Waals surface area contributed by atoms with E-state index in [-0.39, 0.29) is 12.3 Å². The van der Waals surface area contributed by atoms with E-state index in [2.05, 4.69) is 10.6 Å². The number of aliphatic carboxylic acids is 1. The number of carbonyl (C=O) groups excluding carboxylic acids is 1. The molecule has 2 aliphatic heterocycles. The van der Waals surface area contributed by atoms with Crippen LogP contribution in [0, 0.1) is 5.82 Å². The number of benzene rings is 2.